The van der Waals surface area contributed by atoms with Gasteiger partial charge in [-0.25, -0.2) is 8.42 Å². The number of aliphatic hydroxyl groups is 1. The third kappa shape index (κ3) is 7.36. The standard InChI is InChI=1S/C24H35N3O3S/c1-5-22(17-31(29,30)23-13-12-18(3)19(4)14-23)27-24(25-6-2)26-15-21(16-28)20-10-8-7-9-11-20/h7-14,21-22,28H,5-6,15-17H2,1-4H3,(H2,25,26,27). The molecular formula is C24H35N3O3S. The van der Waals surface area contributed by atoms with E-state index in [1.165, 1.54) is 0 Å². The highest BCUT2D eigenvalue weighted by atomic mass is 32.2. The highest BCUT2D eigenvalue weighted by molar-refractivity contribution is 7.91. The summed E-state index contributed by atoms with van der Waals surface area (Å²) in [7, 11) is -3.44. The van der Waals surface area contributed by atoms with E-state index >= 15 is 0 Å². The van der Waals surface area contributed by atoms with Crippen molar-refractivity contribution in [2.45, 2.75) is 51.0 Å². The Labute approximate surface area is 186 Å². The van der Waals surface area contributed by atoms with Gasteiger partial charge in [0.05, 0.1) is 23.8 Å². The quantitative estimate of drug-likeness (QED) is 0.386. The molecule has 7 heteroatoms. The molecule has 0 fully saturated rings. The third-order valence-electron chi connectivity index (χ3n) is 5.40. The molecule has 0 saturated heterocycles. The van der Waals surface area contributed by atoms with Crippen molar-refractivity contribution < 1.29 is 13.5 Å². The molecule has 170 valence electrons. The van der Waals surface area contributed by atoms with Crippen LogP contribution in [0.5, 0.6) is 0 Å². The van der Waals surface area contributed by atoms with E-state index in [0.717, 1.165) is 16.7 Å². The lowest BCUT2D eigenvalue weighted by molar-refractivity contribution is 0.268. The molecule has 0 saturated carbocycles. The van der Waals surface area contributed by atoms with Crippen LogP contribution < -0.4 is 10.6 Å². The first-order chi connectivity index (χ1) is 14.8. The van der Waals surface area contributed by atoms with Crippen LogP contribution in [0.25, 0.3) is 0 Å². The molecule has 0 bridgehead atoms. The molecule has 6 nitrogen and oxygen atoms in total. The Morgan fingerprint density at radius 2 is 1.77 bits per heavy atom. The SMILES string of the molecule is CCNC(=NCC(CO)c1ccccc1)NC(CC)CS(=O)(=O)c1ccc(C)c(C)c1. The normalized spacial score (nSPS) is 14.2. The van der Waals surface area contributed by atoms with E-state index in [1.54, 1.807) is 12.1 Å². The zero-order valence-corrected chi connectivity index (χ0v) is 19.7. The van der Waals surface area contributed by atoms with Gasteiger partial charge in [0.1, 0.15) is 0 Å². The van der Waals surface area contributed by atoms with E-state index in [-0.39, 0.29) is 24.3 Å². The predicted octanol–water partition coefficient (Wildman–Crippen LogP) is 3.19. The minimum Gasteiger partial charge on any atom is -0.396 e. The van der Waals surface area contributed by atoms with Gasteiger partial charge in [-0.15, -0.1) is 0 Å². The maximum absolute atomic E-state index is 13.0. The van der Waals surface area contributed by atoms with E-state index < -0.39 is 9.84 Å². The van der Waals surface area contributed by atoms with Gasteiger partial charge in [-0.2, -0.15) is 0 Å². The van der Waals surface area contributed by atoms with Gasteiger partial charge in [-0.1, -0.05) is 43.3 Å². The molecule has 0 amide bonds. The van der Waals surface area contributed by atoms with Crippen LogP contribution in [0.2, 0.25) is 0 Å². The number of aliphatic hydroxyl groups excluding tert-OH is 1. The number of hydrogen-bond acceptors (Lipinski definition) is 4. The molecular weight excluding hydrogens is 410 g/mol. The number of sulfone groups is 1. The average Bonchev–Trinajstić information content (AvgIpc) is 2.76. The van der Waals surface area contributed by atoms with Crippen LogP contribution >= 0.6 is 0 Å². The molecule has 2 aromatic carbocycles. The molecule has 0 radical (unpaired) electrons. The largest absolute Gasteiger partial charge is 0.396 e. The molecule has 2 unspecified atom stereocenters. The van der Waals surface area contributed by atoms with Crippen LogP contribution in [0, 0.1) is 13.8 Å². The topological polar surface area (TPSA) is 90.8 Å². The van der Waals surface area contributed by atoms with Crippen molar-refractivity contribution in [1.82, 2.24) is 10.6 Å². The molecule has 2 atom stereocenters. The maximum atomic E-state index is 13.0. The number of aryl methyl sites for hydroxylation is 2. The first-order valence-electron chi connectivity index (χ1n) is 10.8. The number of guanidine groups is 1. The van der Waals surface area contributed by atoms with Gasteiger partial charge in [-0.05, 0) is 56.0 Å². The summed E-state index contributed by atoms with van der Waals surface area (Å²) in [5, 5.41) is 16.2. The fourth-order valence-corrected chi connectivity index (χ4v) is 4.91. The second-order valence-corrected chi connectivity index (χ2v) is 9.82. The summed E-state index contributed by atoms with van der Waals surface area (Å²) >= 11 is 0. The molecule has 0 aromatic heterocycles. The van der Waals surface area contributed by atoms with Gasteiger partial charge in [-0.3, -0.25) is 4.99 Å². The molecule has 0 aliphatic rings. The molecule has 2 rings (SSSR count). The summed E-state index contributed by atoms with van der Waals surface area (Å²) in [4.78, 5) is 4.97. The Morgan fingerprint density at radius 1 is 1.06 bits per heavy atom. The summed E-state index contributed by atoms with van der Waals surface area (Å²) in [6.45, 7) is 8.85. The van der Waals surface area contributed by atoms with Gasteiger partial charge in [0.25, 0.3) is 0 Å². The van der Waals surface area contributed by atoms with Gasteiger partial charge >= 0.3 is 0 Å². The highest BCUT2D eigenvalue weighted by Gasteiger charge is 2.22. The van der Waals surface area contributed by atoms with Crippen LogP contribution in [0.3, 0.4) is 0 Å². The highest BCUT2D eigenvalue weighted by Crippen LogP contribution is 2.18. The van der Waals surface area contributed by atoms with Crippen molar-refractivity contribution in [2.75, 3.05) is 25.4 Å². The van der Waals surface area contributed by atoms with Crippen LogP contribution in [0.15, 0.2) is 58.4 Å². The van der Waals surface area contributed by atoms with Crippen LogP contribution in [0.4, 0.5) is 0 Å². The van der Waals surface area contributed by atoms with E-state index in [0.29, 0.717) is 30.4 Å². The number of nitrogens with zero attached hydrogens (tertiary/aromatic N) is 1. The molecule has 0 heterocycles. The Hall–Kier alpha value is -2.38. The monoisotopic (exact) mass is 445 g/mol. The van der Waals surface area contributed by atoms with Gasteiger partial charge in [0.2, 0.25) is 0 Å². The van der Waals surface area contributed by atoms with Crippen molar-refractivity contribution in [2.24, 2.45) is 4.99 Å². The number of hydrogen-bond donors (Lipinski definition) is 3. The first kappa shape index (κ1) is 24.9. The smallest absolute Gasteiger partial charge is 0.191 e. The number of benzene rings is 2. The second kappa shape index (κ2) is 11.9. The lowest BCUT2D eigenvalue weighted by atomic mass is 10.0. The number of aliphatic imine (C=N–C) groups is 1. The Bertz CT molecular complexity index is 959. The summed E-state index contributed by atoms with van der Waals surface area (Å²) in [6.07, 6.45) is 0.636. The zero-order valence-electron chi connectivity index (χ0n) is 18.9. The van der Waals surface area contributed by atoms with Gasteiger partial charge < -0.3 is 15.7 Å². The lowest BCUT2D eigenvalue weighted by Gasteiger charge is -2.21. The Morgan fingerprint density at radius 3 is 2.35 bits per heavy atom. The average molecular weight is 446 g/mol. The van der Waals surface area contributed by atoms with Gasteiger partial charge in [0.15, 0.2) is 15.8 Å². The fourth-order valence-electron chi connectivity index (χ4n) is 3.24. The number of nitrogens with one attached hydrogen (secondary N) is 2. The summed E-state index contributed by atoms with van der Waals surface area (Å²) < 4.78 is 25.9. The maximum Gasteiger partial charge on any atom is 0.191 e. The fraction of sp³-hybridized carbons (Fsp3) is 0.458. The Kier molecular flexibility index (Phi) is 9.52. The lowest BCUT2D eigenvalue weighted by Crippen LogP contribution is -2.46. The molecule has 3 N–H and O–H groups in total. The van der Waals surface area contributed by atoms with E-state index in [4.69, 9.17) is 0 Å². The molecule has 0 aliphatic heterocycles. The summed E-state index contributed by atoms with van der Waals surface area (Å²) in [5.74, 6) is 0.424. The third-order valence-corrected chi connectivity index (χ3v) is 7.21. The van der Waals surface area contributed by atoms with Crippen LogP contribution in [-0.4, -0.2) is 51.0 Å². The van der Waals surface area contributed by atoms with Crippen molar-refractivity contribution >= 4 is 15.8 Å². The molecule has 0 spiro atoms. The van der Waals surface area contributed by atoms with Crippen molar-refractivity contribution in [3.63, 3.8) is 0 Å². The van der Waals surface area contributed by atoms with Crippen molar-refractivity contribution in [3.8, 4) is 0 Å². The minimum atomic E-state index is -3.44. The first-order valence-corrected chi connectivity index (χ1v) is 12.5. The van der Waals surface area contributed by atoms with E-state index in [2.05, 4.69) is 15.6 Å². The summed E-state index contributed by atoms with van der Waals surface area (Å²) in [6, 6.07) is 14.7. The molecule has 31 heavy (non-hydrogen) atoms. The van der Waals surface area contributed by atoms with Crippen molar-refractivity contribution in [1.29, 1.82) is 0 Å². The number of rotatable bonds is 10. The van der Waals surface area contributed by atoms with Crippen molar-refractivity contribution in [3.05, 3.63) is 65.2 Å². The Balaban J connectivity index is 2.13. The molecule has 2 aromatic rings. The van der Waals surface area contributed by atoms with Crippen LogP contribution in [0.1, 0.15) is 42.9 Å². The second-order valence-electron chi connectivity index (χ2n) is 7.79. The van der Waals surface area contributed by atoms with E-state index in [9.17, 15) is 13.5 Å². The van der Waals surface area contributed by atoms with E-state index in [1.807, 2.05) is 64.1 Å². The predicted molar refractivity (Wildman–Crippen MR) is 127 cm³/mol. The van der Waals surface area contributed by atoms with Crippen LogP contribution in [-0.2, 0) is 9.84 Å². The zero-order chi connectivity index (χ0) is 22.9. The minimum absolute atomic E-state index is 0.00865. The van der Waals surface area contributed by atoms with Gasteiger partial charge in [0, 0.05) is 18.5 Å². The summed E-state index contributed by atoms with van der Waals surface area (Å²) in [5.41, 5.74) is 3.06. The molecule has 0 aliphatic carbocycles.